The molecule has 0 bridgehead atoms. The van der Waals surface area contributed by atoms with Crippen molar-refractivity contribution in [3.8, 4) is 6.07 Å². The molecular formula is C15H20BrN3O3S. The van der Waals surface area contributed by atoms with Gasteiger partial charge in [0, 0.05) is 43.6 Å². The van der Waals surface area contributed by atoms with E-state index in [2.05, 4.69) is 20.8 Å². The van der Waals surface area contributed by atoms with Gasteiger partial charge < -0.3 is 4.74 Å². The quantitative estimate of drug-likeness (QED) is 0.694. The van der Waals surface area contributed by atoms with Crippen LogP contribution in [0, 0.1) is 11.3 Å². The molecule has 6 nitrogen and oxygen atoms in total. The van der Waals surface area contributed by atoms with Gasteiger partial charge in [-0.05, 0) is 28.1 Å². The fraction of sp³-hybridized carbons (Fsp3) is 0.533. The van der Waals surface area contributed by atoms with Crippen LogP contribution in [0.5, 0.6) is 0 Å². The van der Waals surface area contributed by atoms with Gasteiger partial charge in [0.1, 0.15) is 0 Å². The average molecular weight is 402 g/mol. The molecule has 0 atom stereocenters. The summed E-state index contributed by atoms with van der Waals surface area (Å²) in [6.07, 6.45) is 0.173. The predicted molar refractivity (Wildman–Crippen MR) is 90.4 cm³/mol. The number of morpholine rings is 1. The highest BCUT2D eigenvalue weighted by Crippen LogP contribution is 2.24. The Kier molecular flexibility index (Phi) is 6.99. The lowest BCUT2D eigenvalue weighted by Crippen LogP contribution is -2.43. The number of rotatable bonds is 7. The zero-order chi connectivity index (χ0) is 16.7. The Bertz CT molecular complexity index is 654. The molecule has 0 aliphatic carbocycles. The number of halogens is 1. The van der Waals surface area contributed by atoms with Gasteiger partial charge in [0.15, 0.2) is 0 Å². The molecule has 1 heterocycles. The van der Waals surface area contributed by atoms with Gasteiger partial charge in [0.05, 0.1) is 24.2 Å². The Morgan fingerprint density at radius 2 is 1.96 bits per heavy atom. The number of nitriles is 1. The standard InChI is InChI=1S/C15H20BrN3O3S/c16-14-4-1-2-5-15(14)23(20,21)19(7-3-6-17)9-8-18-10-12-22-13-11-18/h1-2,4-5H,3,7-13H2. The molecule has 1 saturated heterocycles. The molecule has 23 heavy (non-hydrogen) atoms. The molecule has 1 aliphatic rings. The first-order valence-corrected chi connectivity index (χ1v) is 9.71. The summed E-state index contributed by atoms with van der Waals surface area (Å²) in [6, 6.07) is 8.78. The van der Waals surface area contributed by atoms with E-state index in [9.17, 15) is 8.42 Å². The van der Waals surface area contributed by atoms with E-state index in [1.54, 1.807) is 24.3 Å². The molecule has 1 fully saturated rings. The number of nitrogens with zero attached hydrogens (tertiary/aromatic N) is 3. The van der Waals surface area contributed by atoms with Crippen molar-refractivity contribution in [1.29, 1.82) is 5.26 Å². The maximum Gasteiger partial charge on any atom is 0.244 e. The maximum atomic E-state index is 12.9. The number of hydrogen-bond acceptors (Lipinski definition) is 5. The van der Waals surface area contributed by atoms with Crippen LogP contribution in [0.15, 0.2) is 33.6 Å². The van der Waals surface area contributed by atoms with Crippen molar-refractivity contribution in [2.24, 2.45) is 0 Å². The number of ether oxygens (including phenoxy) is 1. The fourth-order valence-corrected chi connectivity index (χ4v) is 4.79. The number of sulfonamides is 1. The summed E-state index contributed by atoms with van der Waals surface area (Å²) in [5.74, 6) is 0. The molecule has 0 radical (unpaired) electrons. The van der Waals surface area contributed by atoms with Gasteiger partial charge in [-0.2, -0.15) is 9.57 Å². The van der Waals surface area contributed by atoms with Crippen LogP contribution in [0.4, 0.5) is 0 Å². The third-order valence-corrected chi connectivity index (χ3v) is 6.61. The summed E-state index contributed by atoms with van der Waals surface area (Å²) >= 11 is 3.30. The molecule has 1 aliphatic heterocycles. The Balaban J connectivity index is 2.13. The van der Waals surface area contributed by atoms with E-state index in [4.69, 9.17) is 10.00 Å². The summed E-state index contributed by atoms with van der Waals surface area (Å²) in [4.78, 5) is 2.42. The largest absolute Gasteiger partial charge is 0.379 e. The highest BCUT2D eigenvalue weighted by Gasteiger charge is 2.26. The van der Waals surface area contributed by atoms with Crippen LogP contribution < -0.4 is 0 Å². The van der Waals surface area contributed by atoms with Crippen molar-refractivity contribution in [2.45, 2.75) is 11.3 Å². The molecule has 2 rings (SSSR count). The lowest BCUT2D eigenvalue weighted by Gasteiger charge is -2.29. The lowest BCUT2D eigenvalue weighted by atomic mass is 10.4. The van der Waals surface area contributed by atoms with Crippen molar-refractivity contribution in [3.05, 3.63) is 28.7 Å². The first-order chi connectivity index (χ1) is 11.1. The molecule has 126 valence electrons. The van der Waals surface area contributed by atoms with Gasteiger partial charge in [-0.25, -0.2) is 8.42 Å². The van der Waals surface area contributed by atoms with E-state index in [1.165, 1.54) is 4.31 Å². The number of benzene rings is 1. The Labute approximate surface area is 145 Å². The molecule has 8 heteroatoms. The molecule has 0 spiro atoms. The summed E-state index contributed by atoms with van der Waals surface area (Å²) in [5.41, 5.74) is 0. The summed E-state index contributed by atoms with van der Waals surface area (Å²) < 4.78 is 33.0. The molecular weight excluding hydrogens is 382 g/mol. The van der Waals surface area contributed by atoms with Gasteiger partial charge in [-0.15, -0.1) is 0 Å². The first kappa shape index (κ1) is 18.4. The third kappa shape index (κ3) is 4.99. The van der Waals surface area contributed by atoms with E-state index in [0.717, 1.165) is 13.1 Å². The minimum atomic E-state index is -3.63. The maximum absolute atomic E-state index is 12.9. The van der Waals surface area contributed by atoms with Crippen LogP contribution in [-0.2, 0) is 14.8 Å². The van der Waals surface area contributed by atoms with Gasteiger partial charge in [0.2, 0.25) is 10.0 Å². The van der Waals surface area contributed by atoms with Crippen LogP contribution in [0.1, 0.15) is 6.42 Å². The second kappa shape index (κ2) is 8.76. The van der Waals surface area contributed by atoms with Crippen LogP contribution in [0.2, 0.25) is 0 Å². The monoisotopic (exact) mass is 401 g/mol. The molecule has 0 N–H and O–H groups in total. The highest BCUT2D eigenvalue weighted by molar-refractivity contribution is 9.10. The van der Waals surface area contributed by atoms with Crippen LogP contribution >= 0.6 is 15.9 Å². The minimum Gasteiger partial charge on any atom is -0.379 e. The molecule has 0 amide bonds. The third-order valence-electron chi connectivity index (χ3n) is 3.70. The van der Waals surface area contributed by atoms with E-state index in [1.807, 2.05) is 6.07 Å². The number of hydrogen-bond donors (Lipinski definition) is 0. The fourth-order valence-electron chi connectivity index (χ4n) is 2.40. The van der Waals surface area contributed by atoms with E-state index in [-0.39, 0.29) is 17.9 Å². The van der Waals surface area contributed by atoms with Crippen molar-refractivity contribution < 1.29 is 13.2 Å². The van der Waals surface area contributed by atoms with Gasteiger partial charge in [-0.3, -0.25) is 4.90 Å². The highest BCUT2D eigenvalue weighted by atomic mass is 79.9. The summed E-state index contributed by atoms with van der Waals surface area (Å²) in [6.45, 7) is 4.17. The Morgan fingerprint density at radius 3 is 2.61 bits per heavy atom. The lowest BCUT2D eigenvalue weighted by molar-refractivity contribution is 0.0363. The first-order valence-electron chi connectivity index (χ1n) is 7.47. The van der Waals surface area contributed by atoms with Gasteiger partial charge in [0.25, 0.3) is 0 Å². The minimum absolute atomic E-state index is 0.173. The molecule has 1 aromatic carbocycles. The zero-order valence-electron chi connectivity index (χ0n) is 12.8. The molecule has 0 aromatic heterocycles. The normalized spacial score (nSPS) is 16.4. The summed E-state index contributed by atoms with van der Waals surface area (Å²) in [5, 5.41) is 8.82. The van der Waals surface area contributed by atoms with Crippen molar-refractivity contribution in [1.82, 2.24) is 9.21 Å². The Morgan fingerprint density at radius 1 is 1.26 bits per heavy atom. The van der Waals surface area contributed by atoms with E-state index >= 15 is 0 Å². The molecule has 0 unspecified atom stereocenters. The van der Waals surface area contributed by atoms with Crippen molar-refractivity contribution in [3.63, 3.8) is 0 Å². The second-order valence-corrected chi connectivity index (χ2v) is 7.96. The predicted octanol–water partition coefficient (Wildman–Crippen LogP) is 1.69. The van der Waals surface area contributed by atoms with Crippen LogP contribution in [0.25, 0.3) is 0 Å². The van der Waals surface area contributed by atoms with Crippen molar-refractivity contribution in [2.75, 3.05) is 45.9 Å². The van der Waals surface area contributed by atoms with Gasteiger partial charge >= 0.3 is 0 Å². The van der Waals surface area contributed by atoms with Crippen LogP contribution in [0.3, 0.4) is 0 Å². The molecule has 0 saturated carbocycles. The molecule has 1 aromatic rings. The van der Waals surface area contributed by atoms with Crippen LogP contribution in [-0.4, -0.2) is 63.6 Å². The topological polar surface area (TPSA) is 73.6 Å². The zero-order valence-corrected chi connectivity index (χ0v) is 15.2. The Hall–Kier alpha value is -0.980. The average Bonchev–Trinajstić information content (AvgIpc) is 2.56. The van der Waals surface area contributed by atoms with Gasteiger partial charge in [-0.1, -0.05) is 12.1 Å². The van der Waals surface area contributed by atoms with E-state index < -0.39 is 10.0 Å². The second-order valence-electron chi connectivity index (χ2n) is 5.20. The smallest absolute Gasteiger partial charge is 0.244 e. The van der Waals surface area contributed by atoms with Crippen molar-refractivity contribution >= 4 is 26.0 Å². The summed E-state index contributed by atoms with van der Waals surface area (Å²) in [7, 11) is -3.63. The SMILES string of the molecule is N#CCCN(CCN1CCOCC1)S(=O)(=O)c1ccccc1Br. The van der Waals surface area contributed by atoms with E-state index in [0.29, 0.717) is 30.8 Å².